The summed E-state index contributed by atoms with van der Waals surface area (Å²) in [5.74, 6) is 0.814. The number of aromatic nitrogens is 2. The molecule has 0 aliphatic heterocycles. The number of nitrogens with zero attached hydrogens (tertiary/aromatic N) is 2. The Kier molecular flexibility index (Phi) is 3.71. The molecule has 0 atom stereocenters. The van der Waals surface area contributed by atoms with Gasteiger partial charge in [0.15, 0.2) is 0 Å². The molecule has 6 nitrogen and oxygen atoms in total. The van der Waals surface area contributed by atoms with E-state index in [2.05, 4.69) is 14.9 Å². The predicted molar refractivity (Wildman–Crippen MR) is 84.3 cm³/mol. The summed E-state index contributed by atoms with van der Waals surface area (Å²) in [7, 11) is -3.62. The number of aryl methyl sites for hydroxylation is 2. The Morgan fingerprint density at radius 1 is 1.18 bits per heavy atom. The van der Waals surface area contributed by atoms with Crippen LogP contribution >= 0.6 is 11.3 Å². The molecule has 3 rings (SSSR count). The van der Waals surface area contributed by atoms with Crippen molar-refractivity contribution < 1.29 is 12.9 Å². The molecule has 1 N–H and O–H groups in total. The minimum atomic E-state index is -3.62. The molecule has 0 amide bonds. The Bertz CT molecular complexity index is 896. The molecule has 0 radical (unpaired) electrons. The fourth-order valence-corrected chi connectivity index (χ4v) is 4.04. The van der Waals surface area contributed by atoms with Crippen molar-refractivity contribution >= 4 is 27.0 Å². The van der Waals surface area contributed by atoms with Crippen LogP contribution in [0.15, 0.2) is 44.4 Å². The van der Waals surface area contributed by atoms with Crippen LogP contribution < -0.4 is 4.72 Å². The molecule has 3 aromatic rings. The zero-order chi connectivity index (χ0) is 15.7. The molecule has 0 fully saturated rings. The average molecular weight is 335 g/mol. The summed E-state index contributed by atoms with van der Waals surface area (Å²) in [6.07, 6.45) is 0. The summed E-state index contributed by atoms with van der Waals surface area (Å²) in [5, 5.41) is 5.47. The van der Waals surface area contributed by atoms with Gasteiger partial charge in [-0.25, -0.2) is 8.42 Å². The van der Waals surface area contributed by atoms with Crippen molar-refractivity contribution in [3.8, 4) is 11.4 Å². The van der Waals surface area contributed by atoms with E-state index in [1.165, 1.54) is 6.07 Å². The van der Waals surface area contributed by atoms with E-state index in [1.54, 1.807) is 24.4 Å². The van der Waals surface area contributed by atoms with Crippen LogP contribution in [0.25, 0.3) is 11.4 Å². The molecule has 0 unspecified atom stereocenters. The number of thiophene rings is 1. The zero-order valence-electron chi connectivity index (χ0n) is 11.9. The predicted octanol–water partition coefficient (Wildman–Crippen LogP) is 3.22. The van der Waals surface area contributed by atoms with Crippen molar-refractivity contribution in [3.63, 3.8) is 0 Å². The van der Waals surface area contributed by atoms with Crippen molar-refractivity contribution in [2.45, 2.75) is 18.1 Å². The van der Waals surface area contributed by atoms with Crippen LogP contribution in [0.4, 0.5) is 5.69 Å². The van der Waals surface area contributed by atoms with Crippen LogP contribution in [0, 0.1) is 13.8 Å². The quantitative estimate of drug-likeness (QED) is 0.791. The van der Waals surface area contributed by atoms with Gasteiger partial charge in [-0.1, -0.05) is 22.9 Å². The molecule has 0 saturated heterocycles. The van der Waals surface area contributed by atoms with Gasteiger partial charge in [-0.3, -0.25) is 4.72 Å². The third-order valence-electron chi connectivity index (χ3n) is 2.93. The van der Waals surface area contributed by atoms with E-state index in [9.17, 15) is 8.42 Å². The number of nitrogens with one attached hydrogen (secondary N) is 1. The maximum absolute atomic E-state index is 12.4. The highest BCUT2D eigenvalue weighted by molar-refractivity contribution is 7.94. The summed E-state index contributed by atoms with van der Waals surface area (Å²) in [6.45, 7) is 3.62. The first-order valence-electron chi connectivity index (χ1n) is 6.43. The molecule has 0 bridgehead atoms. The van der Waals surface area contributed by atoms with Gasteiger partial charge in [-0.2, -0.15) is 4.98 Å². The van der Waals surface area contributed by atoms with Gasteiger partial charge in [-0.15, -0.1) is 11.3 Å². The molecule has 0 aliphatic rings. The Balaban J connectivity index is 1.86. The molecular weight excluding hydrogens is 322 g/mol. The van der Waals surface area contributed by atoms with E-state index in [4.69, 9.17) is 4.52 Å². The summed E-state index contributed by atoms with van der Waals surface area (Å²) in [6, 6.07) is 8.68. The van der Waals surface area contributed by atoms with E-state index in [1.807, 2.05) is 19.1 Å². The number of benzene rings is 1. The van der Waals surface area contributed by atoms with Crippen LogP contribution in [-0.4, -0.2) is 18.6 Å². The van der Waals surface area contributed by atoms with Crippen molar-refractivity contribution in [3.05, 3.63) is 47.2 Å². The Labute approximate surface area is 131 Å². The lowest BCUT2D eigenvalue weighted by molar-refractivity contribution is 0.394. The topological polar surface area (TPSA) is 85.1 Å². The standard InChI is InChI=1S/C14H13N3O3S2/c1-9-3-5-12(6-4-9)17-22(18,19)13-7-11(8-21-13)14-15-10(2)20-16-14/h3-8,17H,1-2H3. The smallest absolute Gasteiger partial charge is 0.271 e. The molecule has 0 aliphatic carbocycles. The number of sulfonamides is 1. The van der Waals surface area contributed by atoms with Gasteiger partial charge in [0.2, 0.25) is 11.7 Å². The van der Waals surface area contributed by atoms with Crippen LogP contribution in [0.5, 0.6) is 0 Å². The molecule has 114 valence electrons. The molecule has 1 aromatic carbocycles. The molecule has 2 heterocycles. The van der Waals surface area contributed by atoms with E-state index in [0.717, 1.165) is 16.9 Å². The maximum atomic E-state index is 12.4. The van der Waals surface area contributed by atoms with Crippen molar-refractivity contribution in [2.75, 3.05) is 4.72 Å². The first kappa shape index (κ1) is 14.7. The lowest BCUT2D eigenvalue weighted by Gasteiger charge is -2.06. The van der Waals surface area contributed by atoms with Gasteiger partial charge in [0, 0.05) is 23.6 Å². The van der Waals surface area contributed by atoms with Gasteiger partial charge in [-0.05, 0) is 25.1 Å². The molecule has 22 heavy (non-hydrogen) atoms. The van der Waals surface area contributed by atoms with E-state index in [0.29, 0.717) is 23.0 Å². The van der Waals surface area contributed by atoms with Gasteiger partial charge < -0.3 is 4.52 Å². The normalized spacial score (nSPS) is 11.5. The second-order valence-corrected chi connectivity index (χ2v) is 7.58. The maximum Gasteiger partial charge on any atom is 0.271 e. The first-order chi connectivity index (χ1) is 10.4. The third kappa shape index (κ3) is 3.02. The highest BCUT2D eigenvalue weighted by Gasteiger charge is 2.19. The van der Waals surface area contributed by atoms with E-state index < -0.39 is 10.0 Å². The highest BCUT2D eigenvalue weighted by atomic mass is 32.2. The fraction of sp³-hybridized carbons (Fsp3) is 0.143. The van der Waals surface area contributed by atoms with Gasteiger partial charge in [0.05, 0.1) is 0 Å². The number of rotatable bonds is 4. The lowest BCUT2D eigenvalue weighted by Crippen LogP contribution is -2.11. The Hall–Kier alpha value is -2.19. The fourth-order valence-electron chi connectivity index (χ4n) is 1.82. The molecule has 0 spiro atoms. The number of hydrogen-bond acceptors (Lipinski definition) is 6. The highest BCUT2D eigenvalue weighted by Crippen LogP contribution is 2.28. The van der Waals surface area contributed by atoms with Crippen LogP contribution in [-0.2, 0) is 10.0 Å². The van der Waals surface area contributed by atoms with E-state index >= 15 is 0 Å². The van der Waals surface area contributed by atoms with E-state index in [-0.39, 0.29) is 4.21 Å². The summed E-state index contributed by atoms with van der Waals surface area (Å²) in [5.41, 5.74) is 2.20. The average Bonchev–Trinajstić information content (AvgIpc) is 3.10. The molecule has 2 aromatic heterocycles. The van der Waals surface area contributed by atoms with Crippen molar-refractivity contribution in [2.24, 2.45) is 0 Å². The minimum absolute atomic E-state index is 0.200. The Morgan fingerprint density at radius 3 is 2.55 bits per heavy atom. The monoisotopic (exact) mass is 335 g/mol. The van der Waals surface area contributed by atoms with Crippen molar-refractivity contribution in [1.82, 2.24) is 10.1 Å². The largest absolute Gasteiger partial charge is 0.339 e. The van der Waals surface area contributed by atoms with Gasteiger partial charge >= 0.3 is 0 Å². The number of anilines is 1. The minimum Gasteiger partial charge on any atom is -0.339 e. The Morgan fingerprint density at radius 2 is 1.91 bits per heavy atom. The van der Waals surface area contributed by atoms with Gasteiger partial charge in [0.1, 0.15) is 4.21 Å². The van der Waals surface area contributed by atoms with Crippen LogP contribution in [0.2, 0.25) is 0 Å². The lowest BCUT2D eigenvalue weighted by atomic mass is 10.2. The second kappa shape index (κ2) is 5.54. The zero-order valence-corrected chi connectivity index (χ0v) is 13.5. The SMILES string of the molecule is Cc1ccc(NS(=O)(=O)c2cc(-c3noc(C)n3)cs2)cc1. The van der Waals surface area contributed by atoms with Crippen LogP contribution in [0.1, 0.15) is 11.5 Å². The molecule has 8 heteroatoms. The van der Waals surface area contributed by atoms with Crippen LogP contribution in [0.3, 0.4) is 0 Å². The third-order valence-corrected chi connectivity index (χ3v) is 5.75. The second-order valence-electron chi connectivity index (χ2n) is 4.76. The summed E-state index contributed by atoms with van der Waals surface area (Å²) in [4.78, 5) is 4.08. The number of hydrogen-bond donors (Lipinski definition) is 1. The molecular formula is C14H13N3O3S2. The first-order valence-corrected chi connectivity index (χ1v) is 8.79. The van der Waals surface area contributed by atoms with Crippen molar-refractivity contribution in [1.29, 1.82) is 0 Å². The van der Waals surface area contributed by atoms with Gasteiger partial charge in [0.25, 0.3) is 10.0 Å². The summed E-state index contributed by atoms with van der Waals surface area (Å²) < 4.78 is 32.4. The molecule has 0 saturated carbocycles. The summed E-state index contributed by atoms with van der Waals surface area (Å²) >= 11 is 1.11.